The van der Waals surface area contributed by atoms with Crippen molar-refractivity contribution in [2.24, 2.45) is 0 Å². The van der Waals surface area contributed by atoms with Gasteiger partial charge in [-0.15, -0.1) is 0 Å². The molecule has 199 valence electrons. The third-order valence-corrected chi connectivity index (χ3v) is 13.3. The summed E-state index contributed by atoms with van der Waals surface area (Å²) < 4.78 is 6.62. The van der Waals surface area contributed by atoms with Gasteiger partial charge < -0.3 is 0 Å². The quantitative estimate of drug-likeness (QED) is 0.103. The Morgan fingerprint density at radius 3 is 1.29 bits per heavy atom. The van der Waals surface area contributed by atoms with Crippen LogP contribution in [0.4, 0.5) is 0 Å². The van der Waals surface area contributed by atoms with Crippen molar-refractivity contribution in [2.75, 3.05) is 18.5 Å². The second kappa shape index (κ2) is 21.7. The molecule has 1 unspecified atom stereocenters. The van der Waals surface area contributed by atoms with E-state index in [1.165, 1.54) is 134 Å². The molecule has 0 aliphatic carbocycles. The van der Waals surface area contributed by atoms with Crippen LogP contribution in [0.1, 0.15) is 136 Å². The number of hydrogen-bond donors (Lipinski definition) is 0. The molecule has 0 spiro atoms. The molecular weight excluding hydrogens is 431 g/mol. The molecule has 0 aliphatic rings. The molecule has 0 aromatic heterocycles. The molecule has 1 aromatic rings. The molecule has 34 heavy (non-hydrogen) atoms. The summed E-state index contributed by atoms with van der Waals surface area (Å²) in [5, 5.41) is 0. The summed E-state index contributed by atoms with van der Waals surface area (Å²) in [6.45, 7) is 11.7. The number of unbranched alkanes of at least 4 members (excludes halogenated alkanes) is 15. The Bertz CT molecular complexity index is 502. The maximum absolute atomic E-state index is 6.62. The molecule has 1 aromatic carbocycles. The fourth-order valence-corrected chi connectivity index (χ4v) is 10.4. The van der Waals surface area contributed by atoms with Crippen LogP contribution in [-0.2, 0) is 0 Å². The first kappa shape index (κ1) is 31.5. The van der Waals surface area contributed by atoms with Crippen LogP contribution in [0.5, 0.6) is 5.75 Å². The average molecular weight is 492 g/mol. The Balaban J connectivity index is 2.80. The van der Waals surface area contributed by atoms with Crippen LogP contribution < -0.4 is 4.74 Å². The van der Waals surface area contributed by atoms with Gasteiger partial charge in [0.2, 0.25) is 0 Å². The van der Waals surface area contributed by atoms with Gasteiger partial charge in [0.1, 0.15) is 0 Å². The van der Waals surface area contributed by atoms with Crippen LogP contribution in [-0.4, -0.2) is 24.3 Å². The first-order chi connectivity index (χ1) is 16.7. The van der Waals surface area contributed by atoms with Crippen LogP contribution in [0.15, 0.2) is 30.3 Å². The van der Waals surface area contributed by atoms with Crippen LogP contribution >= 0.6 is 7.26 Å². The van der Waals surface area contributed by atoms with E-state index >= 15 is 0 Å². The molecule has 1 atom stereocenters. The summed E-state index contributed by atoms with van der Waals surface area (Å²) >= 11 is 0. The molecule has 0 fully saturated rings. The fraction of sp³-hybridized carbons (Fsp3) is 0.781. The van der Waals surface area contributed by atoms with E-state index in [4.69, 9.17) is 11.7 Å². The monoisotopic (exact) mass is 491 g/mol. The number of rotatable bonds is 24. The second-order valence-electron chi connectivity index (χ2n) is 10.8. The van der Waals surface area contributed by atoms with Crippen LogP contribution in [0.25, 0.3) is 0 Å². The summed E-state index contributed by atoms with van der Waals surface area (Å²) in [7, 11) is -1.62. The van der Waals surface area contributed by atoms with Crippen molar-refractivity contribution in [3.05, 3.63) is 37.3 Å². The standard InChI is InChI=1S/C32H60OP/c1-5-8-11-14-17-23-28-34(29-24-18-15-12-9-6-2,30-25-19-16-13-10-7-3)31(4)33-32-26-21-20-22-27-32/h20-22,26-27,31,34H,4-19,23-25,28-30H2,1-3H3. The van der Waals surface area contributed by atoms with Crippen molar-refractivity contribution in [3.8, 4) is 5.75 Å². The van der Waals surface area contributed by atoms with Gasteiger partial charge >= 0.3 is 216 Å². The predicted octanol–water partition coefficient (Wildman–Crippen LogP) is 11.1. The summed E-state index contributed by atoms with van der Waals surface area (Å²) in [4.78, 5) is 0. The minimum absolute atomic E-state index is 0.178. The van der Waals surface area contributed by atoms with E-state index in [-0.39, 0.29) is 5.85 Å². The third-order valence-electron chi connectivity index (χ3n) is 7.79. The zero-order valence-corrected chi connectivity index (χ0v) is 24.4. The molecule has 1 rings (SSSR count). The van der Waals surface area contributed by atoms with E-state index < -0.39 is 7.26 Å². The van der Waals surface area contributed by atoms with Gasteiger partial charge in [-0.05, 0) is 0 Å². The van der Waals surface area contributed by atoms with Crippen molar-refractivity contribution < 1.29 is 4.74 Å². The molecule has 2 heteroatoms. The van der Waals surface area contributed by atoms with E-state index in [1.807, 2.05) is 0 Å². The van der Waals surface area contributed by atoms with Gasteiger partial charge in [0.05, 0.1) is 0 Å². The van der Waals surface area contributed by atoms with Crippen molar-refractivity contribution >= 4 is 7.26 Å². The SMILES string of the molecule is [CH2]C(Oc1ccccc1)[PH](CCCCCCCC)(CCCCCCCC)CCCCCCCC. The molecule has 0 saturated heterocycles. The van der Waals surface area contributed by atoms with E-state index in [2.05, 4.69) is 51.1 Å². The Morgan fingerprint density at radius 1 is 0.559 bits per heavy atom. The van der Waals surface area contributed by atoms with E-state index in [9.17, 15) is 0 Å². The van der Waals surface area contributed by atoms with Crippen LogP contribution in [0.3, 0.4) is 0 Å². The van der Waals surface area contributed by atoms with Gasteiger partial charge in [-0.3, -0.25) is 0 Å². The number of para-hydroxylation sites is 1. The van der Waals surface area contributed by atoms with Gasteiger partial charge in [-0.25, -0.2) is 0 Å². The minimum atomic E-state index is -1.62. The molecule has 0 N–H and O–H groups in total. The maximum atomic E-state index is 6.62. The number of benzene rings is 1. The van der Waals surface area contributed by atoms with Gasteiger partial charge in [0.25, 0.3) is 0 Å². The first-order valence-electron chi connectivity index (χ1n) is 15.2. The Labute approximate surface area is 215 Å². The molecule has 0 heterocycles. The zero-order chi connectivity index (χ0) is 24.7. The first-order valence-corrected chi connectivity index (χ1v) is 17.9. The Morgan fingerprint density at radius 2 is 0.912 bits per heavy atom. The summed E-state index contributed by atoms with van der Waals surface area (Å²) in [5.74, 6) is 1.20. The molecule has 0 saturated carbocycles. The molecular formula is C32H60OP. The van der Waals surface area contributed by atoms with Gasteiger partial charge in [0, 0.05) is 0 Å². The van der Waals surface area contributed by atoms with Crippen molar-refractivity contribution in [3.63, 3.8) is 0 Å². The summed E-state index contributed by atoms with van der Waals surface area (Å²) in [5.41, 5.74) is 0. The predicted molar refractivity (Wildman–Crippen MR) is 159 cm³/mol. The number of hydrogen-bond acceptors (Lipinski definition) is 1. The van der Waals surface area contributed by atoms with E-state index in [1.54, 1.807) is 0 Å². The fourth-order valence-electron chi connectivity index (χ4n) is 5.42. The summed E-state index contributed by atoms with van der Waals surface area (Å²) in [6.07, 6.45) is 29.3. The average Bonchev–Trinajstić information content (AvgIpc) is 2.85. The number of ether oxygens (including phenoxy) is 1. The van der Waals surface area contributed by atoms with Crippen LogP contribution in [0, 0.1) is 6.92 Å². The van der Waals surface area contributed by atoms with E-state index in [0.29, 0.717) is 0 Å². The van der Waals surface area contributed by atoms with E-state index in [0.717, 1.165) is 5.75 Å². The topological polar surface area (TPSA) is 9.23 Å². The Kier molecular flexibility index (Phi) is 20.1. The molecule has 1 radical (unpaired) electrons. The van der Waals surface area contributed by atoms with Crippen molar-refractivity contribution in [2.45, 2.75) is 142 Å². The van der Waals surface area contributed by atoms with Crippen molar-refractivity contribution in [1.82, 2.24) is 0 Å². The third kappa shape index (κ3) is 14.8. The normalized spacial score (nSPS) is 13.2. The molecule has 0 amide bonds. The van der Waals surface area contributed by atoms with Gasteiger partial charge in [-0.2, -0.15) is 0 Å². The Hall–Kier alpha value is -0.550. The van der Waals surface area contributed by atoms with Crippen molar-refractivity contribution in [1.29, 1.82) is 0 Å². The van der Waals surface area contributed by atoms with Gasteiger partial charge in [0.15, 0.2) is 0 Å². The molecule has 0 aliphatic heterocycles. The van der Waals surface area contributed by atoms with Crippen LogP contribution in [0.2, 0.25) is 0 Å². The second-order valence-corrected chi connectivity index (χ2v) is 15.7. The molecule has 0 bridgehead atoms. The zero-order valence-electron chi connectivity index (χ0n) is 23.4. The summed E-state index contributed by atoms with van der Waals surface area (Å²) in [6, 6.07) is 10.5. The molecule has 1 nitrogen and oxygen atoms in total. The van der Waals surface area contributed by atoms with Gasteiger partial charge in [-0.1, -0.05) is 0 Å².